The van der Waals surface area contributed by atoms with E-state index in [1.54, 1.807) is 0 Å². The van der Waals surface area contributed by atoms with Gasteiger partial charge in [0.2, 0.25) is 5.71 Å². The Labute approximate surface area is 243 Å². The number of pyridine rings is 1. The van der Waals surface area contributed by atoms with E-state index in [4.69, 9.17) is 4.42 Å². The predicted molar refractivity (Wildman–Crippen MR) is 175 cm³/mol. The molecular weight excluding hydrogens is 512 g/mol. The third kappa shape index (κ3) is 4.11. The van der Waals surface area contributed by atoms with Crippen LogP contribution in [0.15, 0.2) is 162 Å². The predicted octanol–water partition coefficient (Wildman–Crippen LogP) is 10.9. The minimum atomic E-state index is 0.628. The van der Waals surface area contributed by atoms with Gasteiger partial charge in [0, 0.05) is 23.0 Å². The molecule has 0 aliphatic heterocycles. The van der Waals surface area contributed by atoms with Crippen LogP contribution in [0.3, 0.4) is 0 Å². The summed E-state index contributed by atoms with van der Waals surface area (Å²) in [4.78, 5) is 6.96. The molecule has 0 N–H and O–H groups in total. The molecule has 8 rings (SSSR count). The molecule has 0 unspecified atom stereocenters. The molecule has 0 amide bonds. The number of benzene rings is 6. The van der Waals surface area contributed by atoms with E-state index >= 15 is 0 Å². The Morgan fingerprint density at radius 1 is 0.500 bits per heavy atom. The number of aromatic nitrogens is 1. The molecule has 8 aromatic rings. The van der Waals surface area contributed by atoms with E-state index < -0.39 is 0 Å². The zero-order chi connectivity index (χ0) is 27.9. The molecule has 2 aromatic heterocycles. The van der Waals surface area contributed by atoms with Crippen LogP contribution in [0.25, 0.3) is 55.1 Å². The highest BCUT2D eigenvalue weighted by Crippen LogP contribution is 2.44. The first-order valence-electron chi connectivity index (χ1n) is 14.1. The lowest BCUT2D eigenvalue weighted by Crippen LogP contribution is -2.11. The number of para-hydroxylation sites is 1. The van der Waals surface area contributed by atoms with Crippen molar-refractivity contribution in [1.29, 1.82) is 0 Å². The van der Waals surface area contributed by atoms with Crippen LogP contribution < -0.4 is 4.90 Å². The first kappa shape index (κ1) is 24.2. The van der Waals surface area contributed by atoms with Crippen molar-refractivity contribution in [3.8, 4) is 22.3 Å². The molecular formula is C39H26N2O. The molecule has 0 aliphatic rings. The second-order valence-electron chi connectivity index (χ2n) is 10.4. The van der Waals surface area contributed by atoms with Gasteiger partial charge in [0.15, 0.2) is 0 Å². The standard InChI is InChI=1S/C39H26N2O/c1-3-11-27(12-4-1)28-19-21-31(22-20-28)41(36-23-24-40-39-38(36)34-17-9-10-18-37(34)42-39)32-25-30-15-7-8-16-33(30)35(26-32)29-13-5-2-6-14-29/h1-26H. The van der Waals surface area contributed by atoms with E-state index in [1.165, 1.54) is 33.0 Å². The molecule has 0 atom stereocenters. The number of anilines is 3. The summed E-state index contributed by atoms with van der Waals surface area (Å²) in [6, 6.07) is 53.4. The van der Waals surface area contributed by atoms with Crippen molar-refractivity contribution in [1.82, 2.24) is 4.98 Å². The zero-order valence-corrected chi connectivity index (χ0v) is 22.8. The van der Waals surface area contributed by atoms with Gasteiger partial charge < -0.3 is 9.32 Å². The Bertz CT molecular complexity index is 2180. The maximum absolute atomic E-state index is 6.22. The minimum Gasteiger partial charge on any atom is -0.438 e. The van der Waals surface area contributed by atoms with Crippen LogP contribution in [0.2, 0.25) is 0 Å². The molecule has 0 bridgehead atoms. The Morgan fingerprint density at radius 2 is 1.14 bits per heavy atom. The van der Waals surface area contributed by atoms with Crippen molar-refractivity contribution < 1.29 is 4.42 Å². The summed E-state index contributed by atoms with van der Waals surface area (Å²) in [6.07, 6.45) is 1.84. The molecule has 0 aliphatic carbocycles. The van der Waals surface area contributed by atoms with E-state index in [9.17, 15) is 0 Å². The van der Waals surface area contributed by atoms with E-state index in [0.717, 1.165) is 33.4 Å². The molecule has 3 heteroatoms. The van der Waals surface area contributed by atoms with Crippen LogP contribution in [0.1, 0.15) is 0 Å². The summed E-state index contributed by atoms with van der Waals surface area (Å²) in [5.74, 6) is 0. The Morgan fingerprint density at radius 3 is 1.93 bits per heavy atom. The molecule has 0 spiro atoms. The molecule has 0 fully saturated rings. The van der Waals surface area contributed by atoms with Crippen LogP contribution in [0, 0.1) is 0 Å². The van der Waals surface area contributed by atoms with Gasteiger partial charge in [0.25, 0.3) is 0 Å². The maximum atomic E-state index is 6.22. The largest absolute Gasteiger partial charge is 0.438 e. The fraction of sp³-hybridized carbons (Fsp3) is 0. The van der Waals surface area contributed by atoms with Gasteiger partial charge in [-0.25, -0.2) is 4.98 Å². The van der Waals surface area contributed by atoms with Crippen LogP contribution >= 0.6 is 0 Å². The molecule has 198 valence electrons. The van der Waals surface area contributed by atoms with Crippen molar-refractivity contribution in [3.63, 3.8) is 0 Å². The van der Waals surface area contributed by atoms with Gasteiger partial charge in [-0.2, -0.15) is 0 Å². The van der Waals surface area contributed by atoms with Gasteiger partial charge in [0.1, 0.15) is 5.58 Å². The fourth-order valence-electron chi connectivity index (χ4n) is 5.96. The van der Waals surface area contributed by atoms with Crippen molar-refractivity contribution in [2.45, 2.75) is 0 Å². The highest BCUT2D eigenvalue weighted by Gasteiger charge is 2.21. The second kappa shape index (κ2) is 10.1. The molecule has 2 heterocycles. The first-order valence-corrected chi connectivity index (χ1v) is 14.1. The number of hydrogen-bond acceptors (Lipinski definition) is 3. The van der Waals surface area contributed by atoms with Gasteiger partial charge in [-0.05, 0) is 69.4 Å². The monoisotopic (exact) mass is 538 g/mol. The summed E-state index contributed by atoms with van der Waals surface area (Å²) < 4.78 is 6.22. The third-order valence-corrected chi connectivity index (χ3v) is 7.92. The minimum absolute atomic E-state index is 0.628. The van der Waals surface area contributed by atoms with Gasteiger partial charge in [-0.15, -0.1) is 0 Å². The maximum Gasteiger partial charge on any atom is 0.229 e. The highest BCUT2D eigenvalue weighted by molar-refractivity contribution is 6.12. The molecule has 3 nitrogen and oxygen atoms in total. The van der Waals surface area contributed by atoms with Gasteiger partial charge in [0.05, 0.1) is 11.1 Å². The lowest BCUT2D eigenvalue weighted by Gasteiger charge is -2.27. The summed E-state index contributed by atoms with van der Waals surface area (Å²) in [5, 5.41) is 4.45. The molecule has 6 aromatic carbocycles. The van der Waals surface area contributed by atoms with E-state index in [2.05, 4.69) is 143 Å². The number of fused-ring (bicyclic) bond motifs is 4. The number of hydrogen-bond donors (Lipinski definition) is 0. The lowest BCUT2D eigenvalue weighted by atomic mass is 9.96. The quantitative estimate of drug-likeness (QED) is 0.218. The summed E-state index contributed by atoms with van der Waals surface area (Å²) in [7, 11) is 0. The normalized spacial score (nSPS) is 11.3. The smallest absolute Gasteiger partial charge is 0.229 e. The Balaban J connectivity index is 1.41. The average molecular weight is 539 g/mol. The molecule has 42 heavy (non-hydrogen) atoms. The zero-order valence-electron chi connectivity index (χ0n) is 22.8. The molecule has 0 saturated carbocycles. The topological polar surface area (TPSA) is 29.3 Å². The highest BCUT2D eigenvalue weighted by atomic mass is 16.3. The van der Waals surface area contributed by atoms with Gasteiger partial charge in [-0.1, -0.05) is 115 Å². The molecule has 0 saturated heterocycles. The van der Waals surface area contributed by atoms with Gasteiger partial charge in [-0.3, -0.25) is 0 Å². The van der Waals surface area contributed by atoms with Crippen LogP contribution in [-0.2, 0) is 0 Å². The third-order valence-electron chi connectivity index (χ3n) is 7.92. The van der Waals surface area contributed by atoms with E-state index in [-0.39, 0.29) is 0 Å². The first-order chi connectivity index (χ1) is 20.8. The van der Waals surface area contributed by atoms with Crippen LogP contribution in [-0.4, -0.2) is 4.98 Å². The number of nitrogens with zero attached hydrogens (tertiary/aromatic N) is 2. The Kier molecular flexibility index (Phi) is 5.79. The Hall–Kier alpha value is -5.67. The van der Waals surface area contributed by atoms with Crippen LogP contribution in [0.4, 0.5) is 17.1 Å². The van der Waals surface area contributed by atoms with Crippen LogP contribution in [0.5, 0.6) is 0 Å². The number of furan rings is 1. The molecule has 0 radical (unpaired) electrons. The van der Waals surface area contributed by atoms with Gasteiger partial charge >= 0.3 is 0 Å². The van der Waals surface area contributed by atoms with E-state index in [1.807, 2.05) is 24.4 Å². The van der Waals surface area contributed by atoms with Crippen molar-refractivity contribution in [2.75, 3.05) is 4.90 Å². The second-order valence-corrected chi connectivity index (χ2v) is 10.4. The lowest BCUT2D eigenvalue weighted by molar-refractivity contribution is 0.654. The van der Waals surface area contributed by atoms with E-state index in [0.29, 0.717) is 5.71 Å². The summed E-state index contributed by atoms with van der Waals surface area (Å²) in [5.41, 5.74) is 9.35. The average Bonchev–Trinajstić information content (AvgIpc) is 3.45. The summed E-state index contributed by atoms with van der Waals surface area (Å²) >= 11 is 0. The fourth-order valence-corrected chi connectivity index (χ4v) is 5.96. The number of rotatable bonds is 5. The van der Waals surface area contributed by atoms with Crippen molar-refractivity contribution in [3.05, 3.63) is 158 Å². The SMILES string of the molecule is c1ccc(-c2ccc(N(c3cc(-c4ccccc4)c4ccccc4c3)c3ccnc4oc5ccccc5c34)cc2)cc1. The van der Waals surface area contributed by atoms with Crippen molar-refractivity contribution in [2.24, 2.45) is 0 Å². The van der Waals surface area contributed by atoms with Crippen molar-refractivity contribution >= 4 is 49.9 Å². The summed E-state index contributed by atoms with van der Waals surface area (Å²) in [6.45, 7) is 0.